The number of hydrogen-bond acceptors (Lipinski definition) is 10. The molecular formula is C24H27N9O3S2. The number of nitriles is 1. The molecule has 0 bridgehead atoms. The third-order valence-corrected chi connectivity index (χ3v) is 7.92. The highest BCUT2D eigenvalue weighted by molar-refractivity contribution is 7.97. The number of benzene rings is 1. The lowest BCUT2D eigenvalue weighted by Gasteiger charge is -2.34. The standard InChI is InChI=1S/C24H27N9O3S2/c1-16-12-19(14-25)28-24(27-16)30-8-10-31(11-9-30)37-20-4-5-21-18(13-20)6-7-32(21)23(34)22-15-26-17(2)33(22)29-38(3,35)36/h4-5,12-13,15,29H,6-11H2,1-3H3. The molecule has 4 heterocycles. The predicted octanol–water partition coefficient (Wildman–Crippen LogP) is 1.70. The fourth-order valence-corrected chi connectivity index (χ4v) is 6.07. The summed E-state index contributed by atoms with van der Waals surface area (Å²) in [5, 5.41) is 9.20. The highest BCUT2D eigenvalue weighted by atomic mass is 32.2. The summed E-state index contributed by atoms with van der Waals surface area (Å²) in [5.74, 6) is 0.663. The van der Waals surface area contributed by atoms with E-state index in [0.29, 0.717) is 30.4 Å². The second-order valence-corrected chi connectivity index (χ2v) is 12.1. The molecule has 0 radical (unpaired) electrons. The minimum absolute atomic E-state index is 0.163. The Labute approximate surface area is 225 Å². The number of fused-ring (bicyclic) bond motifs is 1. The SMILES string of the molecule is Cc1cc(C#N)nc(N2CCN(Sc3ccc4c(c3)CCN4C(=O)c3cnc(C)n3NS(C)(=O)=O)CC2)n1. The van der Waals surface area contributed by atoms with Crippen molar-refractivity contribution in [1.29, 1.82) is 5.26 Å². The summed E-state index contributed by atoms with van der Waals surface area (Å²) in [6.45, 7) is 7.12. The Kier molecular flexibility index (Phi) is 6.99. The maximum absolute atomic E-state index is 13.3. The van der Waals surface area contributed by atoms with Crippen molar-refractivity contribution in [3.05, 3.63) is 58.9 Å². The van der Waals surface area contributed by atoms with Gasteiger partial charge < -0.3 is 9.80 Å². The zero-order valence-corrected chi connectivity index (χ0v) is 22.9. The molecule has 0 saturated carbocycles. The number of piperazine rings is 1. The van der Waals surface area contributed by atoms with Gasteiger partial charge in [-0.05, 0) is 62.0 Å². The van der Waals surface area contributed by atoms with E-state index in [1.54, 1.807) is 29.8 Å². The Hall–Kier alpha value is -3.67. The molecule has 0 atom stereocenters. The van der Waals surface area contributed by atoms with E-state index in [1.807, 2.05) is 19.1 Å². The van der Waals surface area contributed by atoms with Gasteiger partial charge in [0.1, 0.15) is 23.3 Å². The Bertz CT molecular complexity index is 1540. The maximum Gasteiger partial charge on any atom is 0.278 e. The van der Waals surface area contributed by atoms with Gasteiger partial charge in [-0.3, -0.25) is 4.79 Å². The molecule has 0 aliphatic carbocycles. The van der Waals surface area contributed by atoms with Crippen LogP contribution in [-0.4, -0.2) is 77.2 Å². The number of nitrogens with zero attached hydrogens (tertiary/aromatic N) is 8. The fourth-order valence-electron chi connectivity index (χ4n) is 4.54. The zero-order chi connectivity index (χ0) is 27.0. The number of carbonyl (C=O) groups is 1. The number of imidazole rings is 1. The van der Waals surface area contributed by atoms with Gasteiger partial charge in [-0.1, -0.05) is 0 Å². The van der Waals surface area contributed by atoms with Crippen molar-refractivity contribution in [2.45, 2.75) is 25.2 Å². The minimum Gasteiger partial charge on any atom is -0.338 e. The van der Waals surface area contributed by atoms with Gasteiger partial charge in [-0.15, -0.1) is 0 Å². The molecule has 5 rings (SSSR count). The van der Waals surface area contributed by atoms with Crippen LogP contribution >= 0.6 is 11.9 Å². The molecule has 14 heteroatoms. The average Bonchev–Trinajstić information content (AvgIpc) is 3.46. The monoisotopic (exact) mass is 553 g/mol. The molecule has 3 aromatic rings. The zero-order valence-electron chi connectivity index (χ0n) is 21.2. The Morgan fingerprint density at radius 3 is 2.58 bits per heavy atom. The maximum atomic E-state index is 13.3. The van der Waals surface area contributed by atoms with Crippen molar-refractivity contribution in [2.75, 3.05) is 53.6 Å². The van der Waals surface area contributed by atoms with Crippen molar-refractivity contribution in [3.8, 4) is 6.07 Å². The van der Waals surface area contributed by atoms with Crippen molar-refractivity contribution in [2.24, 2.45) is 0 Å². The van der Waals surface area contributed by atoms with E-state index in [0.717, 1.165) is 54.3 Å². The number of sulfonamides is 1. The first-order chi connectivity index (χ1) is 18.1. The number of anilines is 2. The molecule has 1 amide bonds. The van der Waals surface area contributed by atoms with E-state index in [4.69, 9.17) is 0 Å². The lowest BCUT2D eigenvalue weighted by atomic mass is 10.2. The molecule has 1 aromatic carbocycles. The third-order valence-electron chi connectivity index (χ3n) is 6.32. The van der Waals surface area contributed by atoms with Crippen molar-refractivity contribution in [3.63, 3.8) is 0 Å². The summed E-state index contributed by atoms with van der Waals surface area (Å²) < 4.78 is 27.0. The van der Waals surface area contributed by atoms with Crippen LogP contribution in [0.25, 0.3) is 0 Å². The molecule has 12 nitrogen and oxygen atoms in total. The topological polar surface area (TPSA) is 140 Å². The lowest BCUT2D eigenvalue weighted by molar-refractivity contribution is 0.0982. The van der Waals surface area contributed by atoms with Gasteiger partial charge in [-0.25, -0.2) is 37.2 Å². The Morgan fingerprint density at radius 1 is 1.11 bits per heavy atom. The highest BCUT2D eigenvalue weighted by Gasteiger charge is 2.29. The van der Waals surface area contributed by atoms with E-state index in [9.17, 15) is 18.5 Å². The number of aromatic nitrogens is 4. The first-order valence-electron chi connectivity index (χ1n) is 12.0. The highest BCUT2D eigenvalue weighted by Crippen LogP contribution is 2.34. The molecule has 1 fully saturated rings. The largest absolute Gasteiger partial charge is 0.338 e. The van der Waals surface area contributed by atoms with Crippen LogP contribution < -0.4 is 14.6 Å². The first-order valence-corrected chi connectivity index (χ1v) is 14.7. The van der Waals surface area contributed by atoms with Gasteiger partial charge in [0.05, 0.1) is 12.5 Å². The summed E-state index contributed by atoms with van der Waals surface area (Å²) in [6.07, 6.45) is 3.13. The van der Waals surface area contributed by atoms with Crippen LogP contribution in [0.3, 0.4) is 0 Å². The second kappa shape index (κ2) is 10.2. The van der Waals surface area contributed by atoms with Gasteiger partial charge in [0.25, 0.3) is 5.91 Å². The van der Waals surface area contributed by atoms with Gasteiger partial charge >= 0.3 is 0 Å². The third kappa shape index (κ3) is 5.45. The first kappa shape index (κ1) is 26.0. The second-order valence-electron chi connectivity index (χ2n) is 9.20. The van der Waals surface area contributed by atoms with Gasteiger partial charge in [0, 0.05) is 49.0 Å². The van der Waals surface area contributed by atoms with Crippen LogP contribution in [0.5, 0.6) is 0 Å². The summed E-state index contributed by atoms with van der Waals surface area (Å²) in [6, 6.07) is 9.83. The van der Waals surface area contributed by atoms with E-state index < -0.39 is 10.0 Å². The fraction of sp³-hybridized carbons (Fsp3) is 0.375. The molecule has 198 valence electrons. The smallest absolute Gasteiger partial charge is 0.278 e. The number of amides is 1. The van der Waals surface area contributed by atoms with Crippen LogP contribution in [0.15, 0.2) is 35.4 Å². The van der Waals surface area contributed by atoms with Crippen LogP contribution in [-0.2, 0) is 16.4 Å². The predicted molar refractivity (Wildman–Crippen MR) is 144 cm³/mol. The van der Waals surface area contributed by atoms with Gasteiger partial charge in [-0.2, -0.15) is 5.26 Å². The van der Waals surface area contributed by atoms with Crippen LogP contribution in [0.4, 0.5) is 11.6 Å². The molecule has 38 heavy (non-hydrogen) atoms. The number of nitrogens with one attached hydrogen (secondary N) is 1. The Morgan fingerprint density at radius 2 is 1.87 bits per heavy atom. The molecule has 0 unspecified atom stereocenters. The van der Waals surface area contributed by atoms with Gasteiger partial charge in [0.2, 0.25) is 16.0 Å². The summed E-state index contributed by atoms with van der Waals surface area (Å²) >= 11 is 1.68. The van der Waals surface area contributed by atoms with E-state index in [1.165, 1.54) is 10.9 Å². The molecule has 2 aromatic heterocycles. The van der Waals surface area contributed by atoms with Crippen molar-refractivity contribution >= 4 is 39.5 Å². The number of carbonyl (C=O) groups excluding carboxylic acids is 1. The van der Waals surface area contributed by atoms with Crippen molar-refractivity contribution in [1.82, 2.24) is 23.9 Å². The lowest BCUT2D eigenvalue weighted by Crippen LogP contribution is -2.44. The summed E-state index contributed by atoms with van der Waals surface area (Å²) in [4.78, 5) is 33.5. The summed E-state index contributed by atoms with van der Waals surface area (Å²) in [5.41, 5.74) is 3.20. The number of aryl methyl sites for hydroxylation is 2. The van der Waals surface area contributed by atoms with E-state index >= 15 is 0 Å². The number of rotatable bonds is 6. The van der Waals surface area contributed by atoms with Crippen molar-refractivity contribution < 1.29 is 13.2 Å². The van der Waals surface area contributed by atoms with E-state index in [-0.39, 0.29) is 11.6 Å². The van der Waals surface area contributed by atoms with Gasteiger partial charge in [0.15, 0.2) is 0 Å². The van der Waals surface area contributed by atoms with Crippen LogP contribution in [0.2, 0.25) is 0 Å². The van der Waals surface area contributed by atoms with E-state index in [2.05, 4.69) is 41.1 Å². The normalized spacial score (nSPS) is 15.8. The summed E-state index contributed by atoms with van der Waals surface area (Å²) in [7, 11) is -3.58. The van der Waals surface area contributed by atoms with Crippen LogP contribution in [0.1, 0.15) is 33.3 Å². The molecule has 2 aliphatic heterocycles. The quantitative estimate of drug-likeness (QED) is 0.449. The van der Waals surface area contributed by atoms with Crippen LogP contribution in [0, 0.1) is 25.2 Å². The molecule has 1 saturated heterocycles. The Balaban J connectivity index is 1.24. The molecule has 0 spiro atoms. The average molecular weight is 554 g/mol. The molecule has 1 N–H and O–H groups in total. The minimum atomic E-state index is -3.58. The number of hydrogen-bond donors (Lipinski definition) is 1. The molecule has 2 aliphatic rings. The molecular weight excluding hydrogens is 526 g/mol.